The number of carbonyl (C=O) groups excluding carboxylic acids is 2. The van der Waals surface area contributed by atoms with E-state index >= 15 is 0 Å². The molecule has 0 radical (unpaired) electrons. The van der Waals surface area contributed by atoms with Gasteiger partial charge in [-0.05, 0) is 55.4 Å². The van der Waals surface area contributed by atoms with Crippen LogP contribution in [0.4, 0.5) is 4.79 Å². The highest BCUT2D eigenvalue weighted by Crippen LogP contribution is 2.44. The van der Waals surface area contributed by atoms with E-state index in [-0.39, 0.29) is 18.9 Å². The van der Waals surface area contributed by atoms with E-state index < -0.39 is 29.6 Å². The van der Waals surface area contributed by atoms with Crippen molar-refractivity contribution in [3.63, 3.8) is 0 Å². The molecular weight excluding hydrogens is 446 g/mol. The Morgan fingerprint density at radius 2 is 1.66 bits per heavy atom. The third kappa shape index (κ3) is 5.62. The van der Waals surface area contributed by atoms with Gasteiger partial charge in [-0.3, -0.25) is 4.79 Å². The summed E-state index contributed by atoms with van der Waals surface area (Å²) in [5, 5.41) is 20.9. The molecule has 2 aromatic carbocycles. The van der Waals surface area contributed by atoms with E-state index in [1.807, 2.05) is 48.5 Å². The minimum absolute atomic E-state index is 0.103. The summed E-state index contributed by atoms with van der Waals surface area (Å²) in [6, 6.07) is 17.1. The maximum absolute atomic E-state index is 13.1. The molecule has 184 valence electrons. The second-order valence-corrected chi connectivity index (χ2v) is 9.19. The van der Waals surface area contributed by atoms with Crippen molar-refractivity contribution in [2.75, 3.05) is 13.7 Å². The number of hydrogen-bond acceptors (Lipinski definition) is 5. The first-order valence-electron chi connectivity index (χ1n) is 11.7. The number of benzene rings is 2. The topological polar surface area (TPSA) is 120 Å². The summed E-state index contributed by atoms with van der Waals surface area (Å²) in [6.07, 6.45) is 0.952. The zero-order chi connectivity index (χ0) is 25.6. The SMILES string of the molecule is CN(C(=O)C(CCCCC#N)NC(=O)OCC1c2ccccc2-c2ccccc21)C(C)(C)C(=O)O. The summed E-state index contributed by atoms with van der Waals surface area (Å²) >= 11 is 0. The number of fused-ring (bicyclic) bond motifs is 3. The largest absolute Gasteiger partial charge is 0.480 e. The molecule has 0 heterocycles. The van der Waals surface area contributed by atoms with Gasteiger partial charge in [-0.25, -0.2) is 9.59 Å². The molecular formula is C27H31N3O5. The van der Waals surface area contributed by atoms with Crippen molar-refractivity contribution in [3.05, 3.63) is 59.7 Å². The second-order valence-electron chi connectivity index (χ2n) is 9.19. The molecule has 1 aliphatic carbocycles. The summed E-state index contributed by atoms with van der Waals surface area (Å²) in [5.41, 5.74) is 2.92. The van der Waals surface area contributed by atoms with Crippen molar-refractivity contribution in [3.8, 4) is 17.2 Å². The molecule has 0 aromatic heterocycles. The summed E-state index contributed by atoms with van der Waals surface area (Å²) in [7, 11) is 1.40. The molecule has 35 heavy (non-hydrogen) atoms. The molecule has 2 aromatic rings. The van der Waals surface area contributed by atoms with Crippen LogP contribution in [-0.4, -0.2) is 53.2 Å². The van der Waals surface area contributed by atoms with Crippen LogP contribution in [0.1, 0.15) is 56.6 Å². The summed E-state index contributed by atoms with van der Waals surface area (Å²) < 4.78 is 5.57. The van der Waals surface area contributed by atoms with E-state index in [1.54, 1.807) is 0 Å². The Morgan fingerprint density at radius 1 is 1.09 bits per heavy atom. The molecule has 3 rings (SSSR count). The lowest BCUT2D eigenvalue weighted by Crippen LogP contribution is -2.57. The van der Waals surface area contributed by atoms with E-state index in [2.05, 4.69) is 11.4 Å². The van der Waals surface area contributed by atoms with Crippen LogP contribution in [0.2, 0.25) is 0 Å². The number of hydrogen-bond donors (Lipinski definition) is 2. The van der Waals surface area contributed by atoms with E-state index in [0.29, 0.717) is 19.3 Å². The van der Waals surface area contributed by atoms with Crippen LogP contribution >= 0.6 is 0 Å². The average Bonchev–Trinajstić information content (AvgIpc) is 3.17. The summed E-state index contributed by atoms with van der Waals surface area (Å²) in [4.78, 5) is 38.6. The van der Waals surface area contributed by atoms with Gasteiger partial charge in [0.2, 0.25) is 5.91 Å². The molecule has 8 heteroatoms. The zero-order valence-electron chi connectivity index (χ0n) is 20.3. The zero-order valence-corrected chi connectivity index (χ0v) is 20.3. The predicted octanol–water partition coefficient (Wildman–Crippen LogP) is 4.30. The van der Waals surface area contributed by atoms with Gasteiger partial charge in [-0.2, -0.15) is 5.26 Å². The first-order valence-corrected chi connectivity index (χ1v) is 11.7. The lowest BCUT2D eigenvalue weighted by Gasteiger charge is -2.34. The first-order chi connectivity index (χ1) is 16.7. The number of carboxylic acid groups (broad SMARTS) is 1. The fourth-order valence-corrected chi connectivity index (χ4v) is 4.24. The third-order valence-corrected chi connectivity index (χ3v) is 6.66. The summed E-state index contributed by atoms with van der Waals surface area (Å²) in [6.45, 7) is 2.95. The van der Waals surface area contributed by atoms with Crippen LogP contribution in [-0.2, 0) is 14.3 Å². The molecule has 1 atom stereocenters. The highest BCUT2D eigenvalue weighted by atomic mass is 16.5. The minimum Gasteiger partial charge on any atom is -0.480 e. The number of carboxylic acids is 1. The standard InChI is InChI=1S/C27H31N3O5/c1-27(2,25(32)33)30(3)24(31)23(15-5-4-10-16-28)29-26(34)35-17-22-20-13-8-6-11-18(20)19-12-7-9-14-21(19)22/h6-9,11-14,22-23H,4-5,10,15,17H2,1-3H3,(H,29,34)(H,32,33). The number of nitriles is 1. The average molecular weight is 478 g/mol. The number of alkyl carbamates (subject to hydrolysis) is 1. The van der Waals surface area contributed by atoms with Gasteiger partial charge in [0.25, 0.3) is 0 Å². The number of amides is 2. The lowest BCUT2D eigenvalue weighted by atomic mass is 9.98. The fourth-order valence-electron chi connectivity index (χ4n) is 4.24. The number of likely N-dealkylation sites (N-methyl/N-ethyl adjacent to an activating group) is 1. The van der Waals surface area contributed by atoms with Crippen molar-refractivity contribution in [1.29, 1.82) is 5.26 Å². The molecule has 1 unspecified atom stereocenters. The molecule has 0 saturated carbocycles. The molecule has 0 spiro atoms. The highest BCUT2D eigenvalue weighted by Gasteiger charge is 2.38. The number of carbonyl (C=O) groups is 3. The number of aliphatic carboxylic acids is 1. The number of ether oxygens (including phenoxy) is 1. The second kappa shape index (κ2) is 11.0. The number of nitrogens with one attached hydrogen (secondary N) is 1. The van der Waals surface area contributed by atoms with Gasteiger partial charge in [0, 0.05) is 19.4 Å². The molecule has 0 fully saturated rings. The maximum atomic E-state index is 13.1. The molecule has 0 saturated heterocycles. The Balaban J connectivity index is 1.70. The number of nitrogens with zero attached hydrogens (tertiary/aromatic N) is 2. The van der Waals surface area contributed by atoms with Crippen LogP contribution < -0.4 is 5.32 Å². The fraction of sp³-hybridized carbons (Fsp3) is 0.407. The smallest absolute Gasteiger partial charge is 0.407 e. The molecule has 2 N–H and O–H groups in total. The Hall–Kier alpha value is -3.86. The molecule has 2 amide bonds. The highest BCUT2D eigenvalue weighted by molar-refractivity contribution is 5.90. The van der Waals surface area contributed by atoms with Crippen molar-refractivity contribution in [2.45, 2.75) is 57.0 Å². The molecule has 0 aliphatic heterocycles. The van der Waals surface area contributed by atoms with Crippen molar-refractivity contribution in [2.24, 2.45) is 0 Å². The van der Waals surface area contributed by atoms with Crippen molar-refractivity contribution in [1.82, 2.24) is 10.2 Å². The van der Waals surface area contributed by atoms with E-state index in [4.69, 9.17) is 10.00 Å². The van der Waals surface area contributed by atoms with Crippen LogP contribution in [0, 0.1) is 11.3 Å². The monoisotopic (exact) mass is 477 g/mol. The van der Waals surface area contributed by atoms with Crippen LogP contribution in [0.15, 0.2) is 48.5 Å². The van der Waals surface area contributed by atoms with Crippen LogP contribution in [0.25, 0.3) is 11.1 Å². The van der Waals surface area contributed by atoms with E-state index in [1.165, 1.54) is 20.9 Å². The maximum Gasteiger partial charge on any atom is 0.407 e. The van der Waals surface area contributed by atoms with Gasteiger partial charge in [0.1, 0.15) is 18.2 Å². The van der Waals surface area contributed by atoms with Crippen molar-refractivity contribution >= 4 is 18.0 Å². The van der Waals surface area contributed by atoms with Gasteiger partial charge in [0.15, 0.2) is 0 Å². The van der Waals surface area contributed by atoms with Gasteiger partial charge in [0.05, 0.1) is 6.07 Å². The quantitative estimate of drug-likeness (QED) is 0.493. The first kappa shape index (κ1) is 25.8. The Morgan fingerprint density at radius 3 is 2.20 bits per heavy atom. The number of unbranched alkanes of at least 4 members (excludes halogenated alkanes) is 2. The Kier molecular flexibility index (Phi) is 8.13. The predicted molar refractivity (Wildman–Crippen MR) is 131 cm³/mol. The van der Waals surface area contributed by atoms with E-state index in [9.17, 15) is 19.5 Å². The molecule has 0 bridgehead atoms. The van der Waals surface area contributed by atoms with Crippen LogP contribution in [0.3, 0.4) is 0 Å². The van der Waals surface area contributed by atoms with Crippen LogP contribution in [0.5, 0.6) is 0 Å². The van der Waals surface area contributed by atoms with E-state index in [0.717, 1.165) is 27.2 Å². The number of rotatable bonds is 10. The third-order valence-electron chi connectivity index (χ3n) is 6.66. The Labute approximate surface area is 205 Å². The molecule has 1 aliphatic rings. The van der Waals surface area contributed by atoms with Gasteiger partial charge < -0.3 is 20.1 Å². The van der Waals surface area contributed by atoms with Gasteiger partial charge in [-0.15, -0.1) is 0 Å². The van der Waals surface area contributed by atoms with Crippen molar-refractivity contribution < 1.29 is 24.2 Å². The Bertz CT molecular complexity index is 1090. The van der Waals surface area contributed by atoms with Gasteiger partial charge >= 0.3 is 12.1 Å². The van der Waals surface area contributed by atoms with Gasteiger partial charge in [-0.1, -0.05) is 48.5 Å². The minimum atomic E-state index is -1.45. The summed E-state index contributed by atoms with van der Waals surface area (Å²) in [5.74, 6) is -1.80. The lowest BCUT2D eigenvalue weighted by molar-refractivity contribution is -0.156. The molecule has 8 nitrogen and oxygen atoms in total. The normalized spacial score (nSPS) is 13.2.